The molecule has 0 aliphatic heterocycles. The van der Waals surface area contributed by atoms with Crippen LogP contribution in [0.5, 0.6) is 0 Å². The van der Waals surface area contributed by atoms with E-state index in [1.54, 1.807) is 0 Å². The van der Waals surface area contributed by atoms with Gasteiger partial charge in [0.25, 0.3) is 0 Å². The molecule has 0 amide bonds. The van der Waals surface area contributed by atoms with Gasteiger partial charge < -0.3 is 0 Å². The quantitative estimate of drug-likeness (QED) is 0.373. The second-order valence-corrected chi connectivity index (χ2v) is 10.8. The number of rotatable bonds is 3. The molecule has 0 aliphatic rings. The molecule has 0 saturated heterocycles. The van der Waals surface area contributed by atoms with Crippen molar-refractivity contribution < 1.29 is 0 Å². The maximum absolute atomic E-state index is 4.15. The lowest BCUT2D eigenvalue weighted by molar-refractivity contribution is 0.441. The van der Waals surface area contributed by atoms with E-state index in [1.165, 1.54) is 5.57 Å². The molecule has 0 aliphatic carbocycles. The van der Waals surface area contributed by atoms with Crippen molar-refractivity contribution in [3.63, 3.8) is 0 Å². The summed E-state index contributed by atoms with van der Waals surface area (Å²) in [5, 5.41) is 0. The molecule has 0 unspecified atom stereocenters. The minimum Gasteiger partial charge on any atom is -0.127 e. The molecule has 0 bridgehead atoms. The van der Waals surface area contributed by atoms with Gasteiger partial charge in [0, 0.05) is 0 Å². The van der Waals surface area contributed by atoms with Gasteiger partial charge >= 0.3 is 0 Å². The average molecular weight is 234 g/mol. The lowest BCUT2D eigenvalue weighted by Crippen LogP contribution is -2.16. The van der Waals surface area contributed by atoms with Crippen molar-refractivity contribution in [2.24, 2.45) is 5.41 Å². The van der Waals surface area contributed by atoms with Crippen LogP contribution in [0.4, 0.5) is 0 Å². The first-order valence-electron chi connectivity index (χ1n) is 5.99. The fourth-order valence-electron chi connectivity index (χ4n) is 1.01. The molecular formula is C15H26Si. The highest BCUT2D eigenvalue weighted by atomic mass is 28.3. The minimum absolute atomic E-state index is 0.183. The van der Waals surface area contributed by atoms with E-state index in [0.29, 0.717) is 0 Å². The van der Waals surface area contributed by atoms with Gasteiger partial charge in [-0.05, 0) is 36.0 Å². The number of allylic oxidation sites excluding steroid dienone is 3. The third-order valence-electron chi connectivity index (χ3n) is 2.78. The monoisotopic (exact) mass is 234 g/mol. The van der Waals surface area contributed by atoms with Crippen molar-refractivity contribution in [1.29, 1.82) is 0 Å². The molecule has 0 radical (unpaired) electrons. The first-order chi connectivity index (χ1) is 7.08. The Morgan fingerprint density at radius 2 is 1.81 bits per heavy atom. The van der Waals surface area contributed by atoms with Crippen molar-refractivity contribution in [3.05, 3.63) is 23.8 Å². The zero-order valence-corrected chi connectivity index (χ0v) is 13.0. The van der Waals surface area contributed by atoms with Crippen LogP contribution in [-0.2, 0) is 0 Å². The van der Waals surface area contributed by atoms with Crippen LogP contribution in [0.3, 0.4) is 0 Å². The smallest absolute Gasteiger partial charge is 0.127 e. The molecule has 1 heteroatoms. The van der Waals surface area contributed by atoms with E-state index in [-0.39, 0.29) is 5.41 Å². The molecule has 0 fully saturated rings. The number of hydrogen-bond donors (Lipinski definition) is 0. The molecule has 0 rings (SSSR count). The topological polar surface area (TPSA) is 0 Å². The molecule has 0 nitrogen and oxygen atoms in total. The molecule has 90 valence electrons. The van der Waals surface area contributed by atoms with Gasteiger partial charge in [-0.15, -0.1) is 5.54 Å². The van der Waals surface area contributed by atoms with Gasteiger partial charge in [-0.25, -0.2) is 0 Å². The Hall–Kier alpha value is -0.743. The summed E-state index contributed by atoms with van der Waals surface area (Å²) in [6.45, 7) is 19.7. The average Bonchev–Trinajstić information content (AvgIpc) is 2.13. The maximum atomic E-state index is 4.15. The Labute approximate surface area is 103 Å². The Morgan fingerprint density at radius 3 is 2.19 bits per heavy atom. The zero-order chi connectivity index (χ0) is 13.0. The summed E-state index contributed by atoms with van der Waals surface area (Å²) in [6.07, 6.45) is 3.24. The molecule has 0 atom stereocenters. The Balaban J connectivity index is 4.80. The first-order valence-corrected chi connectivity index (χ1v) is 9.49. The van der Waals surface area contributed by atoms with Gasteiger partial charge in [-0.2, -0.15) is 0 Å². The van der Waals surface area contributed by atoms with Crippen molar-refractivity contribution in [2.45, 2.75) is 53.8 Å². The van der Waals surface area contributed by atoms with Gasteiger partial charge in [0.15, 0.2) is 0 Å². The summed E-state index contributed by atoms with van der Waals surface area (Å²) in [7, 11) is -1.26. The summed E-state index contributed by atoms with van der Waals surface area (Å²) in [6, 6.07) is 0. The highest BCUT2D eigenvalue weighted by Gasteiger charge is 2.17. The maximum Gasteiger partial charge on any atom is 0.129 e. The van der Waals surface area contributed by atoms with E-state index < -0.39 is 8.07 Å². The third kappa shape index (κ3) is 5.98. The minimum atomic E-state index is -1.26. The van der Waals surface area contributed by atoms with Gasteiger partial charge in [-0.1, -0.05) is 52.9 Å². The van der Waals surface area contributed by atoms with Crippen LogP contribution in [0.25, 0.3) is 0 Å². The SMILES string of the molecule is C=C(C=C(C)C#C[Si](C)(C)C)C(C)(C)CC. The van der Waals surface area contributed by atoms with Gasteiger partial charge in [0.05, 0.1) is 0 Å². The summed E-state index contributed by atoms with van der Waals surface area (Å²) in [5.74, 6) is 3.26. The highest BCUT2D eigenvalue weighted by Crippen LogP contribution is 2.29. The molecule has 0 aromatic rings. The van der Waals surface area contributed by atoms with E-state index >= 15 is 0 Å². The van der Waals surface area contributed by atoms with E-state index in [9.17, 15) is 0 Å². The summed E-state index contributed by atoms with van der Waals surface area (Å²) in [4.78, 5) is 0. The predicted molar refractivity (Wildman–Crippen MR) is 78.1 cm³/mol. The lowest BCUT2D eigenvalue weighted by atomic mass is 9.82. The summed E-state index contributed by atoms with van der Waals surface area (Å²) < 4.78 is 0. The van der Waals surface area contributed by atoms with Crippen LogP contribution in [0.15, 0.2) is 23.8 Å². The van der Waals surface area contributed by atoms with Gasteiger partial charge in [0.2, 0.25) is 0 Å². The second-order valence-electron chi connectivity index (χ2n) is 6.09. The Bertz CT molecular complexity index is 340. The normalized spacial score (nSPS) is 13.1. The molecule has 0 aromatic heterocycles. The molecule has 0 saturated carbocycles. The van der Waals surface area contributed by atoms with Crippen LogP contribution >= 0.6 is 0 Å². The van der Waals surface area contributed by atoms with E-state index in [4.69, 9.17) is 0 Å². The standard InChI is InChI=1S/C15H26Si/c1-9-15(4,5)14(3)12-13(2)10-11-16(6,7)8/h12H,3,9H2,1-2,4-8H3. The summed E-state index contributed by atoms with van der Waals surface area (Å²) in [5.41, 5.74) is 5.87. The molecular weight excluding hydrogens is 208 g/mol. The fourth-order valence-corrected chi connectivity index (χ4v) is 1.58. The Morgan fingerprint density at radius 1 is 1.31 bits per heavy atom. The largest absolute Gasteiger partial charge is 0.129 e. The first kappa shape index (κ1) is 15.3. The Kier molecular flexibility index (Phi) is 5.29. The van der Waals surface area contributed by atoms with Crippen molar-refractivity contribution in [2.75, 3.05) is 0 Å². The molecule has 0 spiro atoms. The molecule has 0 heterocycles. The van der Waals surface area contributed by atoms with Crippen LogP contribution in [0.1, 0.15) is 34.1 Å². The third-order valence-corrected chi connectivity index (χ3v) is 3.65. The van der Waals surface area contributed by atoms with Gasteiger partial charge in [0.1, 0.15) is 8.07 Å². The van der Waals surface area contributed by atoms with Crippen LogP contribution < -0.4 is 0 Å². The van der Waals surface area contributed by atoms with Crippen molar-refractivity contribution >= 4 is 8.07 Å². The summed E-state index contributed by atoms with van der Waals surface area (Å²) >= 11 is 0. The van der Waals surface area contributed by atoms with Crippen LogP contribution in [-0.4, -0.2) is 8.07 Å². The predicted octanol–water partition coefficient (Wildman–Crippen LogP) is 4.81. The van der Waals surface area contributed by atoms with E-state index in [2.05, 4.69) is 71.5 Å². The van der Waals surface area contributed by atoms with Crippen LogP contribution in [0.2, 0.25) is 19.6 Å². The van der Waals surface area contributed by atoms with Gasteiger partial charge in [-0.3, -0.25) is 0 Å². The zero-order valence-electron chi connectivity index (χ0n) is 12.0. The fraction of sp³-hybridized carbons (Fsp3) is 0.600. The van der Waals surface area contributed by atoms with E-state index in [0.717, 1.165) is 12.0 Å². The van der Waals surface area contributed by atoms with Crippen molar-refractivity contribution in [3.8, 4) is 11.5 Å². The van der Waals surface area contributed by atoms with Crippen molar-refractivity contribution in [1.82, 2.24) is 0 Å². The second kappa shape index (κ2) is 5.55. The lowest BCUT2D eigenvalue weighted by Gasteiger charge is -2.23. The molecule has 0 aromatic carbocycles. The highest BCUT2D eigenvalue weighted by molar-refractivity contribution is 6.83. The van der Waals surface area contributed by atoms with Crippen LogP contribution in [0, 0.1) is 16.9 Å². The van der Waals surface area contributed by atoms with E-state index in [1.807, 2.05) is 0 Å². The number of hydrogen-bond acceptors (Lipinski definition) is 0. The molecule has 0 N–H and O–H groups in total. The molecule has 16 heavy (non-hydrogen) atoms.